The number of non-ortho nitro benzene ring substituents is 1. The summed E-state index contributed by atoms with van der Waals surface area (Å²) >= 11 is 1.19. The third-order valence-corrected chi connectivity index (χ3v) is 6.02. The number of hydrogen-bond acceptors (Lipinski definition) is 8. The number of nitrogens with zero attached hydrogens (tertiary/aromatic N) is 4. The van der Waals surface area contributed by atoms with E-state index in [2.05, 4.69) is 4.99 Å². The molecule has 1 aliphatic heterocycles. The van der Waals surface area contributed by atoms with E-state index >= 15 is 0 Å². The van der Waals surface area contributed by atoms with E-state index in [9.17, 15) is 29.4 Å². The molecule has 10 nitrogen and oxygen atoms in total. The molecule has 1 aliphatic rings. The maximum Gasteiger partial charge on any atom is 0.318 e. The summed E-state index contributed by atoms with van der Waals surface area (Å²) in [5.41, 5.74) is 0.248. The van der Waals surface area contributed by atoms with Crippen molar-refractivity contribution >= 4 is 46.0 Å². The number of thioether (sulfide) groups is 1. The molecule has 1 fully saturated rings. The number of nitro groups is 2. The normalized spacial score (nSPS) is 15.5. The van der Waals surface area contributed by atoms with E-state index in [-0.39, 0.29) is 23.2 Å². The van der Waals surface area contributed by atoms with Crippen molar-refractivity contribution in [2.75, 3.05) is 6.54 Å². The molecule has 182 valence electrons. The van der Waals surface area contributed by atoms with Crippen molar-refractivity contribution in [1.82, 2.24) is 4.90 Å². The molecule has 1 saturated heterocycles. The van der Waals surface area contributed by atoms with Gasteiger partial charge in [0.1, 0.15) is 11.6 Å². The zero-order valence-electron chi connectivity index (χ0n) is 18.7. The van der Waals surface area contributed by atoms with E-state index in [1.807, 2.05) is 6.92 Å². The first-order valence-electron chi connectivity index (χ1n) is 10.5. The molecule has 3 aromatic rings. The standard InChI is InChI=1S/C24H17FN4O6S/c1-2-27-23(30)22(36-24(27)26-17-7-5-16(25)6-8-17)13-15-3-10-19(11-4-15)35-21-12-9-18(28(31)32)14-20(21)29(33)34/h3-14H,2H2,1H3/b22-13+,26-24?. The van der Waals surface area contributed by atoms with Crippen molar-refractivity contribution in [2.45, 2.75) is 6.92 Å². The lowest BCUT2D eigenvalue weighted by atomic mass is 10.2. The van der Waals surface area contributed by atoms with Crippen LogP contribution in [-0.4, -0.2) is 32.4 Å². The van der Waals surface area contributed by atoms with Gasteiger partial charge in [-0.25, -0.2) is 9.38 Å². The van der Waals surface area contributed by atoms with E-state index < -0.39 is 21.2 Å². The van der Waals surface area contributed by atoms with Crippen molar-refractivity contribution in [2.24, 2.45) is 4.99 Å². The Balaban J connectivity index is 1.54. The number of rotatable bonds is 7. The van der Waals surface area contributed by atoms with E-state index in [0.29, 0.717) is 27.9 Å². The van der Waals surface area contributed by atoms with Gasteiger partial charge in [-0.2, -0.15) is 0 Å². The van der Waals surface area contributed by atoms with Crippen LogP contribution in [0.4, 0.5) is 21.5 Å². The van der Waals surface area contributed by atoms with Crippen LogP contribution in [0.15, 0.2) is 76.6 Å². The first kappa shape index (κ1) is 24.5. The third kappa shape index (κ3) is 5.39. The molecular formula is C24H17FN4O6S. The van der Waals surface area contributed by atoms with Crippen LogP contribution in [-0.2, 0) is 4.79 Å². The van der Waals surface area contributed by atoms with Gasteiger partial charge in [0.05, 0.1) is 26.5 Å². The lowest BCUT2D eigenvalue weighted by Gasteiger charge is -2.11. The topological polar surface area (TPSA) is 128 Å². The second kappa shape index (κ2) is 10.4. The van der Waals surface area contributed by atoms with Crippen molar-refractivity contribution in [3.63, 3.8) is 0 Å². The Labute approximate surface area is 208 Å². The summed E-state index contributed by atoms with van der Waals surface area (Å²) in [6, 6.07) is 15.2. The van der Waals surface area contributed by atoms with Crippen LogP contribution in [0, 0.1) is 26.0 Å². The summed E-state index contributed by atoms with van der Waals surface area (Å²) in [7, 11) is 0. The van der Waals surface area contributed by atoms with Gasteiger partial charge in [0.25, 0.3) is 11.6 Å². The van der Waals surface area contributed by atoms with Crippen LogP contribution < -0.4 is 4.74 Å². The number of nitro benzene ring substituents is 2. The van der Waals surface area contributed by atoms with Crippen molar-refractivity contribution < 1.29 is 23.8 Å². The summed E-state index contributed by atoms with van der Waals surface area (Å²) in [6.45, 7) is 2.23. The predicted molar refractivity (Wildman–Crippen MR) is 133 cm³/mol. The van der Waals surface area contributed by atoms with Crippen LogP contribution in [0.2, 0.25) is 0 Å². The van der Waals surface area contributed by atoms with Crippen LogP contribution >= 0.6 is 11.8 Å². The van der Waals surface area contributed by atoms with Gasteiger partial charge >= 0.3 is 5.69 Å². The van der Waals surface area contributed by atoms with Gasteiger partial charge in [0, 0.05) is 12.6 Å². The third-order valence-electron chi connectivity index (χ3n) is 5.01. The Morgan fingerprint density at radius 1 is 1.03 bits per heavy atom. The molecule has 0 radical (unpaired) electrons. The zero-order chi connectivity index (χ0) is 25.8. The van der Waals surface area contributed by atoms with Crippen LogP contribution in [0.3, 0.4) is 0 Å². The molecular weight excluding hydrogens is 491 g/mol. The molecule has 0 aliphatic carbocycles. The number of amides is 1. The molecule has 4 rings (SSSR count). The first-order chi connectivity index (χ1) is 17.2. The molecule has 0 bridgehead atoms. The molecule has 1 amide bonds. The minimum absolute atomic E-state index is 0.140. The molecule has 0 N–H and O–H groups in total. The van der Waals surface area contributed by atoms with Gasteiger partial charge in [-0.05, 0) is 72.8 Å². The molecule has 0 aromatic heterocycles. The number of halogens is 1. The number of ether oxygens (including phenoxy) is 1. The zero-order valence-corrected chi connectivity index (χ0v) is 19.5. The highest BCUT2D eigenvalue weighted by Gasteiger charge is 2.32. The molecule has 0 atom stereocenters. The maximum absolute atomic E-state index is 13.2. The molecule has 36 heavy (non-hydrogen) atoms. The van der Waals surface area contributed by atoms with Gasteiger partial charge < -0.3 is 4.74 Å². The minimum Gasteiger partial charge on any atom is -0.450 e. The van der Waals surface area contributed by atoms with E-state index in [1.165, 1.54) is 47.0 Å². The number of carbonyl (C=O) groups is 1. The minimum atomic E-state index is -0.755. The van der Waals surface area contributed by atoms with E-state index in [4.69, 9.17) is 4.74 Å². The molecule has 3 aromatic carbocycles. The number of hydrogen-bond donors (Lipinski definition) is 0. The molecule has 0 spiro atoms. The smallest absolute Gasteiger partial charge is 0.318 e. The summed E-state index contributed by atoms with van der Waals surface area (Å²) in [6.07, 6.45) is 1.68. The monoisotopic (exact) mass is 508 g/mol. The second-order valence-electron chi connectivity index (χ2n) is 7.37. The maximum atomic E-state index is 13.2. The molecule has 0 saturated carbocycles. The first-order valence-corrected chi connectivity index (χ1v) is 11.3. The highest BCUT2D eigenvalue weighted by atomic mass is 32.2. The molecule has 0 unspecified atom stereocenters. The summed E-state index contributed by atoms with van der Waals surface area (Å²) < 4.78 is 18.7. The van der Waals surface area contributed by atoms with Crippen molar-refractivity contribution in [1.29, 1.82) is 0 Å². The lowest BCUT2D eigenvalue weighted by molar-refractivity contribution is -0.394. The van der Waals surface area contributed by atoms with Gasteiger partial charge in [-0.15, -0.1) is 0 Å². The molecule has 12 heteroatoms. The fourth-order valence-electron chi connectivity index (χ4n) is 3.26. The van der Waals surface area contributed by atoms with Crippen LogP contribution in [0.1, 0.15) is 12.5 Å². The van der Waals surface area contributed by atoms with Gasteiger partial charge in [-0.1, -0.05) is 12.1 Å². The number of aliphatic imine (C=N–C) groups is 1. The van der Waals surface area contributed by atoms with Crippen molar-refractivity contribution in [3.8, 4) is 11.5 Å². The quantitative estimate of drug-likeness (QED) is 0.216. The summed E-state index contributed by atoms with van der Waals surface area (Å²) in [5, 5.41) is 22.7. The number of carbonyl (C=O) groups excluding carboxylic acids is 1. The highest BCUT2D eigenvalue weighted by molar-refractivity contribution is 8.18. The lowest BCUT2D eigenvalue weighted by Crippen LogP contribution is -2.28. The SMILES string of the molecule is CCN1C(=O)/C(=C\c2ccc(Oc3ccc([N+](=O)[O-])cc3[N+](=O)[O-])cc2)SC1=Nc1ccc(F)cc1. The number of benzene rings is 3. The second-order valence-corrected chi connectivity index (χ2v) is 8.38. The van der Waals surface area contributed by atoms with Crippen LogP contribution in [0.5, 0.6) is 11.5 Å². The number of amidine groups is 1. The summed E-state index contributed by atoms with van der Waals surface area (Å²) in [4.78, 5) is 40.0. The Morgan fingerprint density at radius 2 is 1.72 bits per heavy atom. The molecule has 1 heterocycles. The fourth-order valence-corrected chi connectivity index (χ4v) is 4.32. The van der Waals surface area contributed by atoms with Gasteiger partial charge in [-0.3, -0.25) is 29.9 Å². The Bertz CT molecular complexity index is 1410. The van der Waals surface area contributed by atoms with Gasteiger partial charge in [0.2, 0.25) is 5.75 Å². The van der Waals surface area contributed by atoms with Gasteiger partial charge in [0.15, 0.2) is 5.17 Å². The Morgan fingerprint density at radius 3 is 2.33 bits per heavy atom. The Kier molecular flexibility index (Phi) is 7.06. The van der Waals surface area contributed by atoms with Crippen LogP contribution in [0.25, 0.3) is 6.08 Å². The highest BCUT2D eigenvalue weighted by Crippen LogP contribution is 2.36. The average Bonchev–Trinajstić information content (AvgIpc) is 3.15. The fraction of sp³-hybridized carbons (Fsp3) is 0.0833. The summed E-state index contributed by atoms with van der Waals surface area (Å²) in [5.74, 6) is -0.463. The predicted octanol–water partition coefficient (Wildman–Crippen LogP) is 6.06. The van der Waals surface area contributed by atoms with E-state index in [1.54, 1.807) is 30.3 Å². The average molecular weight is 508 g/mol. The van der Waals surface area contributed by atoms with Crippen molar-refractivity contribution in [3.05, 3.63) is 103 Å². The van der Waals surface area contributed by atoms with E-state index in [0.717, 1.165) is 12.1 Å². The largest absolute Gasteiger partial charge is 0.450 e. The number of likely N-dealkylation sites (N-methyl/N-ethyl adjacent to an activating group) is 1. The Hall–Kier alpha value is -4.58.